The molecule has 0 aliphatic rings. The Labute approximate surface area is 372 Å². The molecular weight excluding hydrogens is 946 g/mol. The van der Waals surface area contributed by atoms with Crippen LogP contribution in [-0.4, -0.2) is 22.6 Å². The Morgan fingerprint density at radius 1 is 0.617 bits per heavy atom. The van der Waals surface area contributed by atoms with Crippen molar-refractivity contribution in [2.24, 2.45) is 0 Å². The normalized spacial score (nSPS) is 12.7. The predicted octanol–water partition coefficient (Wildman–Crippen LogP) is 15.2. The van der Waals surface area contributed by atoms with E-state index in [9.17, 15) is 0 Å². The van der Waals surface area contributed by atoms with Crippen molar-refractivity contribution in [1.82, 2.24) is 14.5 Å². The Kier molecular flexibility index (Phi) is 9.86. The van der Waals surface area contributed by atoms with Crippen molar-refractivity contribution >= 4 is 82.9 Å². The Morgan fingerprint density at radius 2 is 1.35 bits per heavy atom. The molecule has 4 aromatic heterocycles. The van der Waals surface area contributed by atoms with Crippen molar-refractivity contribution in [2.45, 2.75) is 78.1 Å². The zero-order valence-corrected chi connectivity index (χ0v) is 39.9. The van der Waals surface area contributed by atoms with Crippen LogP contribution in [0.2, 0.25) is 19.6 Å². The van der Waals surface area contributed by atoms with Crippen LogP contribution in [0.5, 0.6) is 0 Å². The summed E-state index contributed by atoms with van der Waals surface area (Å²) in [4.78, 5) is 10.1. The largest absolute Gasteiger partial charge is 2.00 e. The number of aromatic nitrogens is 3. The van der Waals surface area contributed by atoms with E-state index in [0.717, 1.165) is 50.0 Å². The number of benzene rings is 6. The van der Waals surface area contributed by atoms with Gasteiger partial charge in [-0.05, 0) is 79.3 Å². The molecule has 0 radical (unpaired) electrons. The molecule has 300 valence electrons. The monoisotopic (exact) mass is 994 g/mol. The standard InChI is InChI=1S/C54H49N3SSi.Pt/c1-53(2,3)37-23-25-55-49(31-37)57-47-16-11-10-13-40(47)41-21-20-35(30-48(41)57)38-14-12-15-39-45(38)28-36(29-46(39)54(4,5)6)50-52-43(24-26-56-50)42-22-19-34-18-17-33(32-59(7,8)9)27-44(34)51(42)58-52;/h10-27,29,31H,32H2,1-9H3;/q-2;+2. The minimum Gasteiger partial charge on any atom is -0.313 e. The van der Waals surface area contributed by atoms with Crippen LogP contribution in [0.3, 0.4) is 0 Å². The van der Waals surface area contributed by atoms with Gasteiger partial charge in [0.05, 0.1) is 0 Å². The topological polar surface area (TPSA) is 30.7 Å². The Balaban J connectivity index is 0.00000462. The number of para-hydroxylation sites is 1. The van der Waals surface area contributed by atoms with Crippen LogP contribution >= 0.6 is 11.3 Å². The van der Waals surface area contributed by atoms with Crippen molar-refractivity contribution in [1.29, 1.82) is 0 Å². The fraction of sp³-hybridized carbons (Fsp3) is 0.222. The molecule has 4 heterocycles. The van der Waals surface area contributed by atoms with Crippen LogP contribution in [0, 0.1) is 12.1 Å². The molecule has 0 fully saturated rings. The summed E-state index contributed by atoms with van der Waals surface area (Å²) in [6.45, 7) is 21.0. The van der Waals surface area contributed by atoms with E-state index in [1.54, 1.807) is 0 Å². The first-order valence-electron chi connectivity index (χ1n) is 20.8. The number of pyridine rings is 2. The second-order valence-corrected chi connectivity index (χ2v) is 26.1. The van der Waals surface area contributed by atoms with E-state index in [0.29, 0.717) is 0 Å². The van der Waals surface area contributed by atoms with Crippen LogP contribution in [0.4, 0.5) is 0 Å². The number of thiophene rings is 1. The van der Waals surface area contributed by atoms with Crippen LogP contribution in [0.1, 0.15) is 58.2 Å². The zero-order chi connectivity index (χ0) is 41.0. The quantitative estimate of drug-likeness (QED) is 0.127. The number of hydrogen-bond donors (Lipinski definition) is 0. The zero-order valence-electron chi connectivity index (χ0n) is 35.8. The molecule has 0 aliphatic carbocycles. The average Bonchev–Trinajstić information content (AvgIpc) is 3.75. The predicted molar refractivity (Wildman–Crippen MR) is 257 cm³/mol. The molecule has 3 nitrogen and oxygen atoms in total. The maximum atomic E-state index is 5.15. The first kappa shape index (κ1) is 40.5. The van der Waals surface area contributed by atoms with Crippen LogP contribution in [0.15, 0.2) is 122 Å². The molecular formula is C54H49N3PtSSi. The summed E-state index contributed by atoms with van der Waals surface area (Å²) >= 11 is 1.88. The third kappa shape index (κ3) is 6.93. The van der Waals surface area contributed by atoms with Gasteiger partial charge in [0.25, 0.3) is 0 Å². The molecule has 0 saturated carbocycles. The molecule has 0 spiro atoms. The minimum atomic E-state index is -1.28. The van der Waals surface area contributed by atoms with Gasteiger partial charge in [-0.15, -0.1) is 58.2 Å². The van der Waals surface area contributed by atoms with Gasteiger partial charge >= 0.3 is 21.1 Å². The van der Waals surface area contributed by atoms with Crippen LogP contribution in [-0.2, 0) is 37.9 Å². The molecule has 60 heavy (non-hydrogen) atoms. The maximum Gasteiger partial charge on any atom is 2.00 e. The second kappa shape index (κ2) is 14.6. The first-order valence-corrected chi connectivity index (χ1v) is 25.3. The molecule has 0 saturated heterocycles. The molecule has 0 N–H and O–H groups in total. The van der Waals surface area contributed by atoms with Gasteiger partial charge in [-0.25, -0.2) is 4.98 Å². The molecule has 0 unspecified atom stereocenters. The first-order chi connectivity index (χ1) is 28.1. The third-order valence-electron chi connectivity index (χ3n) is 11.9. The summed E-state index contributed by atoms with van der Waals surface area (Å²) in [6, 6.07) is 49.5. The van der Waals surface area contributed by atoms with Gasteiger partial charge in [-0.3, -0.25) is 4.98 Å². The molecule has 0 amide bonds. The van der Waals surface area contributed by atoms with E-state index in [1.807, 2.05) is 23.7 Å². The van der Waals surface area contributed by atoms with Crippen molar-refractivity contribution in [3.8, 4) is 28.2 Å². The van der Waals surface area contributed by atoms with E-state index in [4.69, 9.17) is 9.97 Å². The van der Waals surface area contributed by atoms with Crippen molar-refractivity contribution in [3.05, 3.63) is 150 Å². The summed E-state index contributed by atoms with van der Waals surface area (Å²) in [5.41, 5.74) is 10.1. The van der Waals surface area contributed by atoms with E-state index < -0.39 is 8.07 Å². The van der Waals surface area contributed by atoms with E-state index in [2.05, 4.69) is 187 Å². The van der Waals surface area contributed by atoms with Crippen molar-refractivity contribution in [2.75, 3.05) is 0 Å². The van der Waals surface area contributed by atoms with Crippen LogP contribution in [0.25, 0.3) is 91.7 Å². The third-order valence-corrected chi connectivity index (χ3v) is 14.6. The molecule has 6 heteroatoms. The van der Waals surface area contributed by atoms with Gasteiger partial charge in [0.1, 0.15) is 5.82 Å². The number of rotatable bonds is 5. The number of nitrogens with zero attached hydrogens (tertiary/aromatic N) is 3. The molecule has 0 aliphatic heterocycles. The fourth-order valence-electron chi connectivity index (χ4n) is 9.01. The van der Waals surface area contributed by atoms with Gasteiger partial charge in [0, 0.05) is 46.5 Å². The van der Waals surface area contributed by atoms with Gasteiger partial charge in [0.2, 0.25) is 0 Å². The molecule has 10 rings (SSSR count). The SMILES string of the molecule is CC(C)(C)c1ccnc(-n2c3[c-]c(-c4cccc5c(C(C)(C)C)cc(-c6nccc7c6sc6c8cc(C[Si](C)(C)C)ccc8ccc76)[c-]c45)ccc3c3ccccc32)c1.[Pt+2]. The molecule has 0 bridgehead atoms. The van der Waals surface area contributed by atoms with Gasteiger partial charge in [-0.1, -0.05) is 150 Å². The molecule has 6 aromatic carbocycles. The molecule has 10 aromatic rings. The van der Waals surface area contributed by atoms with Crippen molar-refractivity contribution in [3.63, 3.8) is 0 Å². The van der Waals surface area contributed by atoms with Crippen LogP contribution < -0.4 is 0 Å². The average molecular weight is 995 g/mol. The Bertz CT molecular complexity index is 3320. The number of hydrogen-bond acceptors (Lipinski definition) is 3. The minimum absolute atomic E-state index is 0. The van der Waals surface area contributed by atoms with E-state index in [1.165, 1.54) is 64.5 Å². The summed E-state index contributed by atoms with van der Waals surface area (Å²) in [6.07, 6.45) is 3.93. The van der Waals surface area contributed by atoms with Crippen molar-refractivity contribution < 1.29 is 21.1 Å². The van der Waals surface area contributed by atoms with Gasteiger partial charge < -0.3 is 4.57 Å². The Hall–Kier alpha value is -4.93. The summed E-state index contributed by atoms with van der Waals surface area (Å²) in [7, 11) is -1.28. The maximum absolute atomic E-state index is 5.15. The molecule has 0 atom stereocenters. The van der Waals surface area contributed by atoms with Gasteiger partial charge in [-0.2, -0.15) is 0 Å². The summed E-state index contributed by atoms with van der Waals surface area (Å²) in [5, 5.41) is 9.83. The van der Waals surface area contributed by atoms with Gasteiger partial charge in [0.15, 0.2) is 0 Å². The Morgan fingerprint density at radius 3 is 2.13 bits per heavy atom. The second-order valence-electron chi connectivity index (χ2n) is 19.6. The smallest absolute Gasteiger partial charge is 0.313 e. The number of fused-ring (bicyclic) bond motifs is 9. The van der Waals surface area contributed by atoms with E-state index >= 15 is 0 Å². The fourth-order valence-corrected chi connectivity index (χ4v) is 11.8. The van der Waals surface area contributed by atoms with E-state index in [-0.39, 0.29) is 31.9 Å². The summed E-state index contributed by atoms with van der Waals surface area (Å²) < 4.78 is 4.83. The summed E-state index contributed by atoms with van der Waals surface area (Å²) in [5.74, 6) is 0.904.